The molecule has 0 aromatic carbocycles. The fraction of sp³-hybridized carbons (Fsp3) is 0.849. The Hall–Kier alpha value is -2.63. The molecule has 0 amide bonds. The number of carbonyl (C=O) groups is 3. The van der Waals surface area contributed by atoms with Crippen LogP contribution in [0, 0.1) is 0 Å². The van der Waals surface area contributed by atoms with Crippen LogP contribution < -0.4 is 0 Å². The van der Waals surface area contributed by atoms with E-state index in [-0.39, 0.29) is 31.1 Å². The van der Waals surface area contributed by atoms with E-state index in [4.69, 9.17) is 14.2 Å². The van der Waals surface area contributed by atoms with Gasteiger partial charge in [0.15, 0.2) is 6.10 Å². The number of rotatable bonds is 65. The van der Waals surface area contributed by atoms with Crippen molar-refractivity contribution in [1.82, 2.24) is 0 Å². The molecular formula is C73H134O6. The van der Waals surface area contributed by atoms with Gasteiger partial charge in [-0.05, 0) is 77.0 Å². The highest BCUT2D eigenvalue weighted by molar-refractivity contribution is 5.71. The number of unbranched alkanes of at least 4 members (excludes halogenated alkanes) is 46. The van der Waals surface area contributed by atoms with Gasteiger partial charge in [-0.1, -0.05) is 333 Å². The normalized spacial score (nSPS) is 12.3. The third-order valence-corrected chi connectivity index (χ3v) is 15.8. The Kier molecular flexibility index (Phi) is 65.6. The molecule has 0 N–H and O–H groups in total. The summed E-state index contributed by atoms with van der Waals surface area (Å²) in [6.45, 7) is 6.64. The van der Waals surface area contributed by atoms with Crippen molar-refractivity contribution < 1.29 is 28.6 Å². The van der Waals surface area contributed by atoms with Crippen LogP contribution in [0.3, 0.4) is 0 Å². The predicted molar refractivity (Wildman–Crippen MR) is 344 cm³/mol. The average molecular weight is 1110 g/mol. The highest BCUT2D eigenvalue weighted by Gasteiger charge is 2.19. The first-order valence-corrected chi connectivity index (χ1v) is 35.1. The van der Waals surface area contributed by atoms with Crippen LogP contribution in [0.4, 0.5) is 0 Å². The molecule has 0 heterocycles. The standard InChI is InChI=1S/C73H134O6/c1-4-7-10-13-16-19-22-25-28-30-31-32-33-34-35-36-37-38-39-40-41-42-43-44-46-48-51-54-57-60-63-66-72(75)78-69-70(68-77-71(74)65-62-59-56-53-50-47-27-24-21-18-15-12-9-6-3)79-73(76)67-64-61-58-55-52-49-45-29-26-23-20-17-14-11-8-5-2/h15,18,22,24-25,27,30-31,70H,4-14,16-17,19-21,23,26,28-29,32-69H2,1-3H3/b18-15-,25-22-,27-24-,31-30-. The third kappa shape index (κ3) is 66.1. The molecule has 0 radical (unpaired) electrons. The van der Waals surface area contributed by atoms with Gasteiger partial charge in [-0.15, -0.1) is 0 Å². The topological polar surface area (TPSA) is 78.9 Å². The molecule has 1 unspecified atom stereocenters. The number of hydrogen-bond acceptors (Lipinski definition) is 6. The van der Waals surface area contributed by atoms with E-state index in [9.17, 15) is 14.4 Å². The Morgan fingerprint density at radius 1 is 0.253 bits per heavy atom. The molecule has 0 saturated heterocycles. The Morgan fingerprint density at radius 2 is 0.468 bits per heavy atom. The number of hydrogen-bond donors (Lipinski definition) is 0. The summed E-state index contributed by atoms with van der Waals surface area (Å²) < 4.78 is 17.0. The number of ether oxygens (including phenoxy) is 3. The average Bonchev–Trinajstić information content (AvgIpc) is 3.45. The van der Waals surface area contributed by atoms with Gasteiger partial charge in [0.2, 0.25) is 0 Å². The summed E-state index contributed by atoms with van der Waals surface area (Å²) in [6.07, 6.45) is 85.7. The zero-order valence-electron chi connectivity index (χ0n) is 53.2. The molecule has 0 aliphatic carbocycles. The summed E-state index contributed by atoms with van der Waals surface area (Å²) in [5.74, 6) is -0.861. The van der Waals surface area contributed by atoms with Crippen molar-refractivity contribution in [3.8, 4) is 0 Å². The van der Waals surface area contributed by atoms with Gasteiger partial charge in [0.1, 0.15) is 13.2 Å². The fourth-order valence-electron chi connectivity index (χ4n) is 10.5. The Morgan fingerprint density at radius 3 is 0.734 bits per heavy atom. The zero-order valence-corrected chi connectivity index (χ0v) is 53.2. The maximum Gasteiger partial charge on any atom is 0.306 e. The van der Waals surface area contributed by atoms with Crippen LogP contribution in [-0.4, -0.2) is 37.2 Å². The van der Waals surface area contributed by atoms with Crippen LogP contribution in [0.15, 0.2) is 48.6 Å². The molecule has 6 nitrogen and oxygen atoms in total. The van der Waals surface area contributed by atoms with Gasteiger partial charge >= 0.3 is 17.9 Å². The summed E-state index contributed by atoms with van der Waals surface area (Å²) in [5.41, 5.74) is 0. The van der Waals surface area contributed by atoms with Gasteiger partial charge in [-0.25, -0.2) is 0 Å². The first kappa shape index (κ1) is 76.4. The van der Waals surface area contributed by atoms with Crippen LogP contribution in [0.1, 0.15) is 380 Å². The van der Waals surface area contributed by atoms with E-state index in [1.54, 1.807) is 0 Å². The summed E-state index contributed by atoms with van der Waals surface area (Å²) in [4.78, 5) is 38.4. The van der Waals surface area contributed by atoms with E-state index >= 15 is 0 Å². The monoisotopic (exact) mass is 1110 g/mol. The van der Waals surface area contributed by atoms with Crippen LogP contribution >= 0.6 is 0 Å². The van der Waals surface area contributed by atoms with Crippen molar-refractivity contribution in [2.45, 2.75) is 386 Å². The second kappa shape index (κ2) is 67.9. The highest BCUT2D eigenvalue weighted by Crippen LogP contribution is 2.18. The highest BCUT2D eigenvalue weighted by atomic mass is 16.6. The van der Waals surface area contributed by atoms with Gasteiger partial charge in [-0.3, -0.25) is 14.4 Å². The van der Waals surface area contributed by atoms with E-state index in [1.165, 1.54) is 257 Å². The minimum Gasteiger partial charge on any atom is -0.462 e. The maximum atomic E-state index is 12.9. The van der Waals surface area contributed by atoms with Crippen molar-refractivity contribution >= 4 is 17.9 Å². The van der Waals surface area contributed by atoms with Crippen LogP contribution in [0.25, 0.3) is 0 Å². The smallest absolute Gasteiger partial charge is 0.306 e. The molecule has 462 valence electrons. The van der Waals surface area contributed by atoms with Crippen LogP contribution in [-0.2, 0) is 28.6 Å². The molecule has 79 heavy (non-hydrogen) atoms. The lowest BCUT2D eigenvalue weighted by Gasteiger charge is -2.18. The molecule has 0 aromatic heterocycles. The number of carbonyl (C=O) groups excluding carboxylic acids is 3. The third-order valence-electron chi connectivity index (χ3n) is 15.8. The van der Waals surface area contributed by atoms with E-state index in [0.29, 0.717) is 19.3 Å². The van der Waals surface area contributed by atoms with E-state index in [2.05, 4.69) is 69.4 Å². The fourth-order valence-corrected chi connectivity index (χ4v) is 10.5. The van der Waals surface area contributed by atoms with Crippen LogP contribution in [0.2, 0.25) is 0 Å². The molecule has 1 atom stereocenters. The molecule has 0 aromatic rings. The van der Waals surface area contributed by atoms with E-state index < -0.39 is 6.10 Å². The van der Waals surface area contributed by atoms with E-state index in [0.717, 1.165) is 83.5 Å². The second-order valence-electron chi connectivity index (χ2n) is 23.8. The summed E-state index contributed by atoms with van der Waals surface area (Å²) in [6, 6.07) is 0. The Bertz CT molecular complexity index is 1360. The lowest BCUT2D eigenvalue weighted by Crippen LogP contribution is -2.30. The van der Waals surface area contributed by atoms with Gasteiger partial charge < -0.3 is 14.2 Å². The second-order valence-corrected chi connectivity index (χ2v) is 23.8. The molecule has 0 fully saturated rings. The van der Waals surface area contributed by atoms with Gasteiger partial charge in [0.25, 0.3) is 0 Å². The van der Waals surface area contributed by atoms with Gasteiger partial charge in [0, 0.05) is 19.3 Å². The molecule has 0 spiro atoms. The Balaban J connectivity index is 4.15. The Labute approximate surface area is 492 Å². The molecule has 0 aliphatic heterocycles. The quantitative estimate of drug-likeness (QED) is 0.0261. The van der Waals surface area contributed by atoms with Crippen molar-refractivity contribution in [3.05, 3.63) is 48.6 Å². The lowest BCUT2D eigenvalue weighted by atomic mass is 10.0. The van der Waals surface area contributed by atoms with Crippen molar-refractivity contribution in [2.75, 3.05) is 13.2 Å². The number of esters is 3. The largest absolute Gasteiger partial charge is 0.462 e. The molecule has 0 saturated carbocycles. The SMILES string of the molecule is CCCC/C=C\C/C=C\CCCCCCCC(=O)OCC(COC(=O)CCCCCCCCCCCCCCCCCCCCC/C=C\C/C=C\CCCCCCC)OC(=O)CCCCCCCCCCCCCCCCCC. The van der Waals surface area contributed by atoms with Gasteiger partial charge in [0.05, 0.1) is 0 Å². The number of allylic oxidation sites excluding steroid dienone is 8. The molecular weight excluding hydrogens is 973 g/mol. The van der Waals surface area contributed by atoms with Crippen molar-refractivity contribution in [1.29, 1.82) is 0 Å². The van der Waals surface area contributed by atoms with E-state index in [1.807, 2.05) is 0 Å². The summed E-state index contributed by atoms with van der Waals surface area (Å²) in [5, 5.41) is 0. The van der Waals surface area contributed by atoms with Gasteiger partial charge in [-0.2, -0.15) is 0 Å². The molecule has 0 rings (SSSR count). The van der Waals surface area contributed by atoms with Crippen molar-refractivity contribution in [3.63, 3.8) is 0 Å². The zero-order chi connectivity index (χ0) is 57.1. The summed E-state index contributed by atoms with van der Waals surface area (Å²) in [7, 11) is 0. The lowest BCUT2D eigenvalue weighted by molar-refractivity contribution is -0.167. The molecule has 0 bridgehead atoms. The first-order valence-electron chi connectivity index (χ1n) is 35.1. The summed E-state index contributed by atoms with van der Waals surface area (Å²) >= 11 is 0. The molecule has 6 heteroatoms. The van der Waals surface area contributed by atoms with Crippen LogP contribution in [0.5, 0.6) is 0 Å². The predicted octanol–water partition coefficient (Wildman–Crippen LogP) is 24.1. The first-order chi connectivity index (χ1) is 39.0. The molecule has 0 aliphatic rings. The maximum absolute atomic E-state index is 12.9. The minimum absolute atomic E-state index is 0.0722. The van der Waals surface area contributed by atoms with Crippen molar-refractivity contribution in [2.24, 2.45) is 0 Å². The minimum atomic E-state index is -0.776.